The lowest BCUT2D eigenvalue weighted by molar-refractivity contribution is -0.151. The van der Waals surface area contributed by atoms with Gasteiger partial charge < -0.3 is 10.5 Å². The highest BCUT2D eigenvalue weighted by Crippen LogP contribution is 2.12. The molecule has 0 aromatic rings. The van der Waals surface area contributed by atoms with Crippen molar-refractivity contribution < 1.29 is 13.9 Å². The molecule has 4 heteroatoms. The fourth-order valence-electron chi connectivity index (χ4n) is 1.10. The first kappa shape index (κ1) is 15.1. The van der Waals surface area contributed by atoms with Crippen molar-refractivity contribution in [1.82, 2.24) is 0 Å². The summed E-state index contributed by atoms with van der Waals surface area (Å²) in [6, 6.07) is 0. The number of hydrogen-bond donors (Lipinski definition) is 1. The molecule has 0 aromatic heterocycles. The van der Waals surface area contributed by atoms with Gasteiger partial charge in [0, 0.05) is 0 Å². The number of esters is 1. The molecule has 0 aliphatic rings. The lowest BCUT2D eigenvalue weighted by Crippen LogP contribution is -2.24. The van der Waals surface area contributed by atoms with Crippen LogP contribution in [0, 0.1) is 0 Å². The molecule has 0 fully saturated rings. The fourth-order valence-corrected chi connectivity index (χ4v) is 1.10. The number of carbonyl (C=O) groups excluding carboxylic acids is 1. The number of nitrogens with two attached hydrogens (primary N) is 1. The van der Waals surface area contributed by atoms with E-state index < -0.39 is 17.4 Å². The minimum absolute atomic E-state index is 0.547. The predicted molar refractivity (Wildman–Crippen MR) is 62.6 cm³/mol. The Bertz CT molecular complexity index is 244. The second-order valence-electron chi connectivity index (χ2n) is 4.69. The summed E-state index contributed by atoms with van der Waals surface area (Å²) in [6.45, 7) is 5.77. The van der Waals surface area contributed by atoms with Gasteiger partial charge in [-0.3, -0.25) is 0 Å². The van der Waals surface area contributed by atoms with Crippen molar-refractivity contribution in [1.29, 1.82) is 0 Å². The van der Waals surface area contributed by atoms with E-state index >= 15 is 0 Å². The summed E-state index contributed by atoms with van der Waals surface area (Å²) >= 11 is 0. The Labute approximate surface area is 96.8 Å². The molecule has 94 valence electrons. The Morgan fingerprint density at radius 3 is 2.44 bits per heavy atom. The summed E-state index contributed by atoms with van der Waals surface area (Å²) in [5.74, 6) is -1.69. The molecule has 0 aliphatic carbocycles. The topological polar surface area (TPSA) is 52.3 Å². The zero-order valence-corrected chi connectivity index (χ0v) is 10.4. The number of carbonyl (C=O) groups is 1. The summed E-state index contributed by atoms with van der Waals surface area (Å²) < 4.78 is 18.1. The van der Waals surface area contributed by atoms with Crippen molar-refractivity contribution in [3.63, 3.8) is 0 Å². The SMILES string of the molecule is CC(C)(C)OC(=O)/C(F)=C/CCCCCN. The van der Waals surface area contributed by atoms with Crippen molar-refractivity contribution in [3.05, 3.63) is 11.9 Å². The molecular formula is C12H22FNO2. The van der Waals surface area contributed by atoms with Crippen LogP contribution < -0.4 is 5.73 Å². The van der Waals surface area contributed by atoms with Crippen LogP contribution in [0.5, 0.6) is 0 Å². The van der Waals surface area contributed by atoms with E-state index in [0.29, 0.717) is 13.0 Å². The summed E-state index contributed by atoms with van der Waals surface area (Å²) in [5.41, 5.74) is 4.67. The minimum atomic E-state index is -0.883. The van der Waals surface area contributed by atoms with Crippen LogP contribution in [-0.2, 0) is 9.53 Å². The van der Waals surface area contributed by atoms with Gasteiger partial charge in [0.25, 0.3) is 0 Å². The number of halogens is 1. The molecular weight excluding hydrogens is 209 g/mol. The summed E-state index contributed by atoms with van der Waals surface area (Å²) in [5, 5.41) is 0. The van der Waals surface area contributed by atoms with Crippen LogP contribution in [-0.4, -0.2) is 18.1 Å². The zero-order valence-electron chi connectivity index (χ0n) is 10.4. The van der Waals surface area contributed by atoms with E-state index in [2.05, 4.69) is 0 Å². The quantitative estimate of drug-likeness (QED) is 0.434. The van der Waals surface area contributed by atoms with E-state index in [1.807, 2.05) is 0 Å². The van der Waals surface area contributed by atoms with Crippen molar-refractivity contribution in [2.45, 2.75) is 52.1 Å². The standard InChI is InChI=1S/C12H22FNO2/c1-12(2,3)16-11(15)10(13)8-6-4-5-7-9-14/h8H,4-7,9,14H2,1-3H3/b10-8-. The van der Waals surface area contributed by atoms with Gasteiger partial charge in [-0.05, 0) is 52.7 Å². The van der Waals surface area contributed by atoms with Crippen LogP contribution in [0.3, 0.4) is 0 Å². The van der Waals surface area contributed by atoms with Gasteiger partial charge in [-0.1, -0.05) is 6.42 Å². The van der Waals surface area contributed by atoms with E-state index in [1.54, 1.807) is 20.8 Å². The second kappa shape index (κ2) is 7.39. The Hall–Kier alpha value is -0.900. The average Bonchev–Trinajstić information content (AvgIpc) is 2.14. The average molecular weight is 231 g/mol. The molecule has 2 N–H and O–H groups in total. The largest absolute Gasteiger partial charge is 0.455 e. The Kier molecular flexibility index (Phi) is 6.97. The molecule has 0 heterocycles. The summed E-state index contributed by atoms with van der Waals surface area (Å²) in [4.78, 5) is 11.2. The van der Waals surface area contributed by atoms with Crippen LogP contribution in [0.1, 0.15) is 46.5 Å². The molecule has 0 saturated heterocycles. The van der Waals surface area contributed by atoms with E-state index in [0.717, 1.165) is 19.3 Å². The third-order valence-corrected chi connectivity index (χ3v) is 1.83. The third kappa shape index (κ3) is 8.41. The number of ether oxygens (including phenoxy) is 1. The van der Waals surface area contributed by atoms with Crippen molar-refractivity contribution in [3.8, 4) is 0 Å². The highest BCUT2D eigenvalue weighted by molar-refractivity contribution is 5.86. The number of hydrogen-bond acceptors (Lipinski definition) is 3. The molecule has 0 saturated carbocycles. The van der Waals surface area contributed by atoms with E-state index in [1.165, 1.54) is 6.08 Å². The first-order valence-corrected chi connectivity index (χ1v) is 5.66. The second-order valence-corrected chi connectivity index (χ2v) is 4.69. The van der Waals surface area contributed by atoms with Gasteiger partial charge in [-0.15, -0.1) is 0 Å². The summed E-state index contributed by atoms with van der Waals surface area (Å²) in [7, 11) is 0. The number of rotatable bonds is 6. The van der Waals surface area contributed by atoms with Crippen LogP contribution >= 0.6 is 0 Å². The number of allylic oxidation sites excluding steroid dienone is 1. The molecule has 0 unspecified atom stereocenters. The Balaban J connectivity index is 3.89. The molecule has 0 bridgehead atoms. The zero-order chi connectivity index (χ0) is 12.6. The van der Waals surface area contributed by atoms with Gasteiger partial charge in [0.1, 0.15) is 5.60 Å². The van der Waals surface area contributed by atoms with E-state index in [4.69, 9.17) is 10.5 Å². The summed E-state index contributed by atoms with van der Waals surface area (Å²) in [6.07, 6.45) is 4.56. The van der Waals surface area contributed by atoms with Gasteiger partial charge in [-0.2, -0.15) is 4.39 Å². The fraction of sp³-hybridized carbons (Fsp3) is 0.750. The molecule has 0 spiro atoms. The van der Waals surface area contributed by atoms with Crippen molar-refractivity contribution in [2.24, 2.45) is 5.73 Å². The van der Waals surface area contributed by atoms with E-state index in [-0.39, 0.29) is 0 Å². The molecule has 0 atom stereocenters. The normalized spacial score (nSPS) is 12.7. The van der Waals surface area contributed by atoms with Crippen molar-refractivity contribution >= 4 is 5.97 Å². The maximum Gasteiger partial charge on any atom is 0.367 e. The van der Waals surface area contributed by atoms with Gasteiger partial charge >= 0.3 is 5.97 Å². The van der Waals surface area contributed by atoms with Crippen LogP contribution in [0.25, 0.3) is 0 Å². The molecule has 16 heavy (non-hydrogen) atoms. The predicted octanol–water partition coefficient (Wildman–Crippen LogP) is 2.70. The first-order valence-electron chi connectivity index (χ1n) is 5.66. The molecule has 0 rings (SSSR count). The van der Waals surface area contributed by atoms with Gasteiger partial charge in [0.05, 0.1) is 0 Å². The van der Waals surface area contributed by atoms with E-state index in [9.17, 15) is 9.18 Å². The molecule has 0 aromatic carbocycles. The molecule has 0 amide bonds. The maximum absolute atomic E-state index is 13.2. The lowest BCUT2D eigenvalue weighted by atomic mass is 10.2. The smallest absolute Gasteiger partial charge is 0.367 e. The van der Waals surface area contributed by atoms with Gasteiger partial charge in [-0.25, -0.2) is 4.79 Å². The lowest BCUT2D eigenvalue weighted by Gasteiger charge is -2.18. The highest BCUT2D eigenvalue weighted by Gasteiger charge is 2.19. The minimum Gasteiger partial charge on any atom is -0.455 e. The van der Waals surface area contributed by atoms with Crippen LogP contribution in [0.15, 0.2) is 11.9 Å². The number of unbranched alkanes of at least 4 members (excludes halogenated alkanes) is 3. The Morgan fingerprint density at radius 2 is 1.94 bits per heavy atom. The van der Waals surface area contributed by atoms with Crippen LogP contribution in [0.4, 0.5) is 4.39 Å². The molecule has 3 nitrogen and oxygen atoms in total. The highest BCUT2D eigenvalue weighted by atomic mass is 19.1. The monoisotopic (exact) mass is 231 g/mol. The van der Waals surface area contributed by atoms with Gasteiger partial charge in [0.2, 0.25) is 5.83 Å². The third-order valence-electron chi connectivity index (χ3n) is 1.83. The van der Waals surface area contributed by atoms with Crippen molar-refractivity contribution in [2.75, 3.05) is 6.54 Å². The first-order chi connectivity index (χ1) is 7.37. The van der Waals surface area contributed by atoms with Gasteiger partial charge in [0.15, 0.2) is 0 Å². The molecule has 0 radical (unpaired) electrons. The Morgan fingerprint density at radius 1 is 1.31 bits per heavy atom. The maximum atomic E-state index is 13.2. The van der Waals surface area contributed by atoms with Crippen LogP contribution in [0.2, 0.25) is 0 Å². The molecule has 0 aliphatic heterocycles.